The number of primary amides is 1. The predicted octanol–water partition coefficient (Wildman–Crippen LogP) is 2.54. The normalized spacial score (nSPS) is 13.7. The van der Waals surface area contributed by atoms with Crippen LogP contribution >= 0.6 is 27.5 Å². The van der Waals surface area contributed by atoms with E-state index in [4.69, 9.17) is 21.8 Å². The van der Waals surface area contributed by atoms with Gasteiger partial charge in [-0.25, -0.2) is 27.7 Å². The Morgan fingerprint density at radius 2 is 2.09 bits per heavy atom. The highest BCUT2D eigenvalue weighted by Gasteiger charge is 2.35. The van der Waals surface area contributed by atoms with E-state index in [9.17, 15) is 22.4 Å². The fraction of sp³-hybridized carbons (Fsp3) is 0.222. The van der Waals surface area contributed by atoms with E-state index < -0.39 is 44.5 Å². The molecule has 2 heterocycles. The molecule has 0 radical (unpaired) electrons. The van der Waals surface area contributed by atoms with Crippen molar-refractivity contribution in [3.63, 3.8) is 0 Å². The molecule has 1 aromatic carbocycles. The molecule has 14 heteroatoms. The summed E-state index contributed by atoms with van der Waals surface area (Å²) < 4.78 is 48.6. The van der Waals surface area contributed by atoms with Gasteiger partial charge >= 0.3 is 5.76 Å². The number of aromatic amines is 1. The van der Waals surface area contributed by atoms with E-state index >= 15 is 0 Å². The molecule has 4 N–H and O–H groups in total. The average Bonchev–Trinajstić information content (AvgIpc) is 3.15. The highest BCUT2D eigenvalue weighted by Crippen LogP contribution is 2.36. The molecule has 3 aromatic rings. The van der Waals surface area contributed by atoms with Crippen LogP contribution in [0.3, 0.4) is 0 Å². The number of aromatic nitrogens is 3. The van der Waals surface area contributed by atoms with Crippen molar-refractivity contribution >= 4 is 43.5 Å². The molecular formula is C18H16BrClFN5O5S. The van der Waals surface area contributed by atoms with Crippen LogP contribution < -0.4 is 16.2 Å². The van der Waals surface area contributed by atoms with Gasteiger partial charge in [-0.2, -0.15) is 4.72 Å². The molecule has 2 atom stereocenters. The molecule has 0 saturated carbocycles. The van der Waals surface area contributed by atoms with Crippen LogP contribution in [-0.2, 0) is 10.0 Å². The number of hydrogen-bond donors (Lipinski definition) is 3. The van der Waals surface area contributed by atoms with Crippen LogP contribution in [0.5, 0.6) is 0 Å². The van der Waals surface area contributed by atoms with E-state index in [1.54, 1.807) is 6.92 Å². The molecule has 0 saturated heterocycles. The summed E-state index contributed by atoms with van der Waals surface area (Å²) in [6.45, 7) is 3.05. The fourth-order valence-corrected chi connectivity index (χ4v) is 5.06. The zero-order valence-electron chi connectivity index (χ0n) is 16.5. The van der Waals surface area contributed by atoms with Gasteiger partial charge in [0, 0.05) is 21.6 Å². The number of sulfonamides is 1. The van der Waals surface area contributed by atoms with E-state index in [1.165, 1.54) is 19.1 Å². The van der Waals surface area contributed by atoms with Gasteiger partial charge in [0.2, 0.25) is 5.89 Å². The average molecular weight is 549 g/mol. The first-order valence-corrected chi connectivity index (χ1v) is 11.6. The van der Waals surface area contributed by atoms with Gasteiger partial charge in [-0.1, -0.05) is 18.5 Å². The smallest absolute Gasteiger partial charge is 0.391 e. The molecule has 0 unspecified atom stereocenters. The van der Waals surface area contributed by atoms with Crippen LogP contribution in [0, 0.1) is 12.7 Å². The van der Waals surface area contributed by atoms with Crippen LogP contribution in [0.25, 0.3) is 0 Å². The second-order valence-electron chi connectivity index (χ2n) is 6.78. The van der Waals surface area contributed by atoms with E-state index in [0.717, 1.165) is 12.3 Å². The first-order valence-electron chi connectivity index (χ1n) is 8.90. The molecule has 0 aliphatic rings. The number of carbonyl (C=O) groups is 1. The summed E-state index contributed by atoms with van der Waals surface area (Å²) in [5.41, 5.74) is 5.36. The summed E-state index contributed by atoms with van der Waals surface area (Å²) in [4.78, 5) is 27.1. The fourth-order valence-electron chi connectivity index (χ4n) is 3.18. The first kappa shape index (κ1) is 24.0. The Kier molecular flexibility index (Phi) is 6.83. The Morgan fingerprint density at radius 1 is 1.41 bits per heavy atom. The number of nitrogens with one attached hydrogen (secondary N) is 2. The Hall–Kier alpha value is -2.61. The van der Waals surface area contributed by atoms with Crippen molar-refractivity contribution in [3.8, 4) is 0 Å². The zero-order chi connectivity index (χ0) is 23.8. The second kappa shape index (κ2) is 9.10. The molecule has 0 aliphatic heterocycles. The second-order valence-corrected chi connectivity index (χ2v) is 9.73. The number of benzene rings is 1. The number of nitrogens with zero attached hydrogens (tertiary/aromatic N) is 2. The number of hydrogen-bond acceptors (Lipinski definition) is 7. The lowest BCUT2D eigenvalue weighted by Crippen LogP contribution is -2.34. The molecule has 3 rings (SSSR count). The summed E-state index contributed by atoms with van der Waals surface area (Å²) in [7, 11) is -4.53. The Balaban J connectivity index is 2.14. The number of nitrogens with two attached hydrogens (primary N) is 1. The summed E-state index contributed by atoms with van der Waals surface area (Å²) in [6.07, 6.45) is 1.16. The number of rotatable bonds is 7. The van der Waals surface area contributed by atoms with Crippen molar-refractivity contribution in [3.05, 3.63) is 72.8 Å². The van der Waals surface area contributed by atoms with Crippen molar-refractivity contribution in [1.82, 2.24) is 19.9 Å². The lowest BCUT2D eigenvalue weighted by Gasteiger charge is -2.24. The molecular weight excluding hydrogens is 533 g/mol. The molecule has 10 nitrogen and oxygen atoms in total. The van der Waals surface area contributed by atoms with Crippen molar-refractivity contribution in [2.75, 3.05) is 0 Å². The van der Waals surface area contributed by atoms with Gasteiger partial charge in [0.05, 0.1) is 5.56 Å². The quantitative estimate of drug-likeness (QED) is 0.409. The van der Waals surface area contributed by atoms with Crippen molar-refractivity contribution < 1.29 is 22.0 Å². The van der Waals surface area contributed by atoms with E-state index in [2.05, 4.69) is 30.7 Å². The molecule has 2 aromatic heterocycles. The minimum atomic E-state index is -4.53. The van der Waals surface area contributed by atoms with Gasteiger partial charge < -0.3 is 10.2 Å². The summed E-state index contributed by atoms with van der Waals surface area (Å²) in [5.74, 6) is -3.95. The molecule has 32 heavy (non-hydrogen) atoms. The maximum absolute atomic E-state index is 14.7. The summed E-state index contributed by atoms with van der Waals surface area (Å²) >= 11 is 9.21. The van der Waals surface area contributed by atoms with Gasteiger partial charge in [0.1, 0.15) is 11.9 Å². The summed E-state index contributed by atoms with van der Waals surface area (Å²) in [6, 6.07) is 2.31. The Bertz CT molecular complexity index is 1360. The molecule has 0 bridgehead atoms. The largest absolute Gasteiger partial charge is 0.434 e. The maximum Gasteiger partial charge on any atom is 0.434 e. The van der Waals surface area contributed by atoms with Crippen LogP contribution in [-0.4, -0.2) is 29.5 Å². The van der Waals surface area contributed by atoms with Crippen LogP contribution in [0.1, 0.15) is 46.3 Å². The van der Waals surface area contributed by atoms with Crippen molar-refractivity contribution in [2.45, 2.75) is 30.8 Å². The Labute approximate surface area is 194 Å². The number of carbonyl (C=O) groups excluding carboxylic acids is 1. The monoisotopic (exact) mass is 547 g/mol. The third kappa shape index (κ3) is 4.75. The van der Waals surface area contributed by atoms with Gasteiger partial charge in [-0.15, -0.1) is 5.10 Å². The summed E-state index contributed by atoms with van der Waals surface area (Å²) in [5, 5.41) is 5.32. The SMILES string of the molecule is Cc1c(Cl)ccc(F)c1[C@@H](C)[C@H](NS(=O)(=O)c1ncc(Br)cc1C(N)=O)c1n[nH]c(=O)o1. The zero-order valence-corrected chi connectivity index (χ0v) is 19.7. The van der Waals surface area contributed by atoms with E-state index in [1.807, 2.05) is 5.10 Å². The lowest BCUT2D eigenvalue weighted by atomic mass is 9.90. The van der Waals surface area contributed by atoms with Gasteiger partial charge in [0.25, 0.3) is 15.9 Å². The number of amides is 1. The maximum atomic E-state index is 14.7. The molecule has 1 amide bonds. The number of halogens is 3. The Morgan fingerprint density at radius 3 is 2.69 bits per heavy atom. The van der Waals surface area contributed by atoms with Crippen LogP contribution in [0.15, 0.2) is 43.1 Å². The molecule has 0 aliphatic carbocycles. The first-order chi connectivity index (χ1) is 14.9. The van der Waals surface area contributed by atoms with Gasteiger partial charge in [0.15, 0.2) is 5.03 Å². The minimum absolute atomic E-state index is 0.0785. The number of H-pyrrole nitrogens is 1. The molecule has 170 valence electrons. The standard InChI is InChI=1S/C18H16BrClFN5O5S/c1-7-11(20)3-4-12(21)13(7)8(2)14(16-24-25-18(28)31-16)26-32(29,30)17-10(15(22)27)5-9(19)6-23-17/h3-6,8,14,26H,1-2H3,(H2,22,27)(H,25,28)/t8-,14+/m1/s1. The topological polar surface area (TPSA) is 161 Å². The predicted molar refractivity (Wildman–Crippen MR) is 115 cm³/mol. The third-order valence-electron chi connectivity index (χ3n) is 4.69. The van der Waals surface area contributed by atoms with Crippen molar-refractivity contribution in [1.29, 1.82) is 0 Å². The van der Waals surface area contributed by atoms with E-state index in [-0.39, 0.29) is 22.0 Å². The van der Waals surface area contributed by atoms with Crippen molar-refractivity contribution in [2.24, 2.45) is 5.73 Å². The van der Waals surface area contributed by atoms with E-state index in [0.29, 0.717) is 10.0 Å². The lowest BCUT2D eigenvalue weighted by molar-refractivity contribution is 0.0996. The minimum Gasteiger partial charge on any atom is -0.391 e. The highest BCUT2D eigenvalue weighted by molar-refractivity contribution is 9.10. The number of pyridine rings is 1. The van der Waals surface area contributed by atoms with Crippen LogP contribution in [0.2, 0.25) is 5.02 Å². The molecule has 0 spiro atoms. The van der Waals surface area contributed by atoms with Gasteiger partial charge in [-0.05, 0) is 52.2 Å². The van der Waals surface area contributed by atoms with Crippen LogP contribution in [0.4, 0.5) is 4.39 Å². The third-order valence-corrected chi connectivity index (χ3v) is 6.93. The van der Waals surface area contributed by atoms with Gasteiger partial charge in [-0.3, -0.25) is 4.79 Å². The molecule has 0 fully saturated rings. The highest BCUT2D eigenvalue weighted by atomic mass is 79.9.